The molecule has 1 saturated carbocycles. The van der Waals surface area contributed by atoms with Gasteiger partial charge in [-0.05, 0) is 25.2 Å². The lowest BCUT2D eigenvalue weighted by molar-refractivity contribution is -0.276. The largest absolute Gasteiger partial charge is 0.376 e. The topological polar surface area (TPSA) is 36.9 Å². The van der Waals surface area contributed by atoms with Crippen LogP contribution in [-0.2, 0) is 18.9 Å². The first kappa shape index (κ1) is 13.8. The molecule has 2 heterocycles. The molecule has 1 unspecified atom stereocenters. The van der Waals surface area contributed by atoms with Gasteiger partial charge in [0.15, 0.2) is 12.1 Å². The molecule has 3 aliphatic rings. The van der Waals surface area contributed by atoms with E-state index in [1.807, 2.05) is 0 Å². The fourth-order valence-electron chi connectivity index (χ4n) is 3.48. The standard InChI is InChI=1S/C15H26O4/c1-16-13-8-9-15(11-17-14(13)19-15)18-10-12-6-4-2-3-5-7-12/h12-14H,2-11H2,1H3/t13-,14?,15-/m1/s1. The fraction of sp³-hybridized carbons (Fsp3) is 1.00. The van der Waals surface area contributed by atoms with Crippen molar-refractivity contribution in [3.63, 3.8) is 0 Å². The molecule has 2 aliphatic heterocycles. The molecule has 0 spiro atoms. The SMILES string of the molecule is CO[C@@H]1CC[C@]2(OCC3CCCCCC3)COC1O2. The van der Waals surface area contributed by atoms with Crippen LogP contribution in [0.4, 0.5) is 0 Å². The molecule has 4 heteroatoms. The molecule has 3 rings (SSSR count). The van der Waals surface area contributed by atoms with Gasteiger partial charge in [0.05, 0.1) is 6.61 Å². The van der Waals surface area contributed by atoms with Gasteiger partial charge in [0.25, 0.3) is 0 Å². The van der Waals surface area contributed by atoms with Crippen molar-refractivity contribution in [3.8, 4) is 0 Å². The number of fused-ring (bicyclic) bond motifs is 2. The van der Waals surface area contributed by atoms with Gasteiger partial charge in [-0.3, -0.25) is 0 Å². The minimum atomic E-state index is -0.480. The summed E-state index contributed by atoms with van der Waals surface area (Å²) in [6.45, 7) is 1.39. The number of hydrogen-bond donors (Lipinski definition) is 0. The normalized spacial score (nSPS) is 40.3. The van der Waals surface area contributed by atoms with Crippen molar-refractivity contribution in [1.82, 2.24) is 0 Å². The summed E-state index contributed by atoms with van der Waals surface area (Å²) >= 11 is 0. The van der Waals surface area contributed by atoms with E-state index in [2.05, 4.69) is 0 Å². The third-order valence-corrected chi connectivity index (χ3v) is 4.77. The highest BCUT2D eigenvalue weighted by Crippen LogP contribution is 2.39. The van der Waals surface area contributed by atoms with Crippen LogP contribution in [0.5, 0.6) is 0 Å². The molecule has 0 aromatic carbocycles. The van der Waals surface area contributed by atoms with Crippen LogP contribution in [0.3, 0.4) is 0 Å². The van der Waals surface area contributed by atoms with Gasteiger partial charge in [0, 0.05) is 13.5 Å². The Morgan fingerprint density at radius 2 is 1.89 bits per heavy atom. The summed E-state index contributed by atoms with van der Waals surface area (Å²) in [5, 5.41) is 0. The third-order valence-electron chi connectivity index (χ3n) is 4.77. The minimum Gasteiger partial charge on any atom is -0.376 e. The van der Waals surface area contributed by atoms with Crippen LogP contribution in [0.25, 0.3) is 0 Å². The van der Waals surface area contributed by atoms with Crippen LogP contribution in [0, 0.1) is 5.92 Å². The van der Waals surface area contributed by atoms with Gasteiger partial charge in [-0.2, -0.15) is 0 Å². The summed E-state index contributed by atoms with van der Waals surface area (Å²) in [5.41, 5.74) is 0. The first-order chi connectivity index (χ1) is 9.31. The molecule has 3 atom stereocenters. The predicted octanol–water partition coefficient (Wildman–Crippen LogP) is 2.85. The Balaban J connectivity index is 1.50. The number of methoxy groups -OCH3 is 1. The van der Waals surface area contributed by atoms with E-state index in [1.165, 1.54) is 38.5 Å². The maximum atomic E-state index is 6.15. The highest BCUT2D eigenvalue weighted by Gasteiger charge is 2.50. The molecule has 0 N–H and O–H groups in total. The van der Waals surface area contributed by atoms with Crippen LogP contribution in [0.15, 0.2) is 0 Å². The molecule has 0 aromatic heterocycles. The monoisotopic (exact) mass is 270 g/mol. The molecule has 1 aliphatic carbocycles. The molecular formula is C15H26O4. The van der Waals surface area contributed by atoms with E-state index in [4.69, 9.17) is 18.9 Å². The molecule has 2 saturated heterocycles. The maximum absolute atomic E-state index is 6.15. The smallest absolute Gasteiger partial charge is 0.195 e. The van der Waals surface area contributed by atoms with Crippen molar-refractivity contribution in [1.29, 1.82) is 0 Å². The van der Waals surface area contributed by atoms with Gasteiger partial charge in [0.1, 0.15) is 12.7 Å². The van der Waals surface area contributed by atoms with E-state index in [-0.39, 0.29) is 12.4 Å². The Bertz CT molecular complexity index is 288. The van der Waals surface area contributed by atoms with E-state index in [1.54, 1.807) is 7.11 Å². The summed E-state index contributed by atoms with van der Waals surface area (Å²) < 4.78 is 23.1. The summed E-state index contributed by atoms with van der Waals surface area (Å²) in [6.07, 6.45) is 9.78. The highest BCUT2D eigenvalue weighted by atomic mass is 16.8. The summed E-state index contributed by atoms with van der Waals surface area (Å²) in [7, 11) is 1.72. The van der Waals surface area contributed by atoms with Crippen molar-refractivity contribution < 1.29 is 18.9 Å². The number of rotatable bonds is 4. The van der Waals surface area contributed by atoms with E-state index in [9.17, 15) is 0 Å². The molecule has 0 aromatic rings. The summed E-state index contributed by atoms with van der Waals surface area (Å²) in [5.74, 6) is 0.228. The van der Waals surface area contributed by atoms with Crippen LogP contribution >= 0.6 is 0 Å². The Kier molecular flexibility index (Phi) is 4.42. The third kappa shape index (κ3) is 3.13. The highest BCUT2D eigenvalue weighted by molar-refractivity contribution is 4.86. The van der Waals surface area contributed by atoms with Gasteiger partial charge in [-0.1, -0.05) is 25.7 Å². The van der Waals surface area contributed by atoms with E-state index in [0.717, 1.165) is 19.4 Å². The van der Waals surface area contributed by atoms with E-state index >= 15 is 0 Å². The maximum Gasteiger partial charge on any atom is 0.195 e. The van der Waals surface area contributed by atoms with E-state index in [0.29, 0.717) is 12.5 Å². The Labute approximate surface area is 115 Å². The van der Waals surface area contributed by atoms with Gasteiger partial charge in [0.2, 0.25) is 0 Å². The summed E-state index contributed by atoms with van der Waals surface area (Å²) in [4.78, 5) is 0. The molecule has 4 nitrogen and oxygen atoms in total. The lowest BCUT2D eigenvalue weighted by Crippen LogP contribution is -2.44. The molecular weight excluding hydrogens is 244 g/mol. The second-order valence-electron chi connectivity index (χ2n) is 6.19. The van der Waals surface area contributed by atoms with Crippen molar-refractivity contribution in [2.75, 3.05) is 20.3 Å². The predicted molar refractivity (Wildman–Crippen MR) is 70.7 cm³/mol. The lowest BCUT2D eigenvalue weighted by Gasteiger charge is -2.35. The number of hydrogen-bond acceptors (Lipinski definition) is 4. The first-order valence-electron chi connectivity index (χ1n) is 7.77. The van der Waals surface area contributed by atoms with Gasteiger partial charge in [-0.15, -0.1) is 0 Å². The van der Waals surface area contributed by atoms with Crippen LogP contribution in [0.1, 0.15) is 51.4 Å². The van der Waals surface area contributed by atoms with Crippen molar-refractivity contribution in [2.45, 2.75) is 69.5 Å². The van der Waals surface area contributed by atoms with Crippen LogP contribution in [0.2, 0.25) is 0 Å². The molecule has 0 amide bonds. The second-order valence-corrected chi connectivity index (χ2v) is 6.19. The lowest BCUT2D eigenvalue weighted by atomic mass is 10.0. The van der Waals surface area contributed by atoms with Crippen LogP contribution < -0.4 is 0 Å². The zero-order chi connectivity index (χ0) is 13.1. The quantitative estimate of drug-likeness (QED) is 0.736. The summed E-state index contributed by atoms with van der Waals surface area (Å²) in [6, 6.07) is 0. The molecule has 3 fully saturated rings. The second kappa shape index (κ2) is 6.08. The number of ether oxygens (including phenoxy) is 4. The molecule has 19 heavy (non-hydrogen) atoms. The van der Waals surface area contributed by atoms with Crippen molar-refractivity contribution in [3.05, 3.63) is 0 Å². The Morgan fingerprint density at radius 1 is 1.11 bits per heavy atom. The van der Waals surface area contributed by atoms with Crippen LogP contribution in [-0.4, -0.2) is 38.5 Å². The van der Waals surface area contributed by atoms with E-state index < -0.39 is 5.79 Å². The molecule has 110 valence electrons. The van der Waals surface area contributed by atoms with Crippen molar-refractivity contribution in [2.24, 2.45) is 5.92 Å². The first-order valence-corrected chi connectivity index (χ1v) is 7.77. The molecule has 2 bridgehead atoms. The van der Waals surface area contributed by atoms with Gasteiger partial charge < -0.3 is 18.9 Å². The Hall–Kier alpha value is -0.160. The fourth-order valence-corrected chi connectivity index (χ4v) is 3.48. The van der Waals surface area contributed by atoms with Gasteiger partial charge in [-0.25, -0.2) is 0 Å². The van der Waals surface area contributed by atoms with Gasteiger partial charge >= 0.3 is 0 Å². The average molecular weight is 270 g/mol. The minimum absolute atomic E-state index is 0.0668. The zero-order valence-corrected chi connectivity index (χ0v) is 11.9. The molecule has 0 radical (unpaired) electrons. The average Bonchev–Trinajstić information content (AvgIpc) is 2.64. The van der Waals surface area contributed by atoms with Crippen molar-refractivity contribution >= 4 is 0 Å². The Morgan fingerprint density at radius 3 is 2.63 bits per heavy atom. The zero-order valence-electron chi connectivity index (χ0n) is 11.9.